The number of carbonyl (C=O) groups excluding carboxylic acids is 3. The highest BCUT2D eigenvalue weighted by molar-refractivity contribution is 6.07. The molecule has 5 rings (SSSR count). The summed E-state index contributed by atoms with van der Waals surface area (Å²) in [5, 5.41) is 15.3. The molecule has 1 aliphatic carbocycles. The third kappa shape index (κ3) is 6.92. The third-order valence-corrected chi connectivity index (χ3v) is 7.57. The Hall–Kier alpha value is -4.66. The summed E-state index contributed by atoms with van der Waals surface area (Å²) in [5.74, 6) is -1.39. The van der Waals surface area contributed by atoms with E-state index in [1.807, 2.05) is 42.2 Å². The van der Waals surface area contributed by atoms with Crippen molar-refractivity contribution in [3.8, 4) is 0 Å². The zero-order valence-corrected chi connectivity index (χ0v) is 23.0. The van der Waals surface area contributed by atoms with Crippen LogP contribution in [0.4, 0.5) is 11.4 Å². The monoisotopic (exact) mass is 554 g/mol. The van der Waals surface area contributed by atoms with Gasteiger partial charge >= 0.3 is 5.97 Å². The first-order valence-electron chi connectivity index (χ1n) is 13.9. The second-order valence-electron chi connectivity index (χ2n) is 10.7. The largest absolute Gasteiger partial charge is 0.481 e. The van der Waals surface area contributed by atoms with E-state index in [1.165, 1.54) is 0 Å². The lowest BCUT2D eigenvalue weighted by atomic mass is 10.0. The van der Waals surface area contributed by atoms with Gasteiger partial charge in [-0.25, -0.2) is 0 Å². The predicted molar refractivity (Wildman–Crippen MR) is 156 cm³/mol. The van der Waals surface area contributed by atoms with Gasteiger partial charge in [0.05, 0.1) is 23.8 Å². The van der Waals surface area contributed by atoms with E-state index in [0.717, 1.165) is 24.1 Å². The second kappa shape index (κ2) is 12.2. The molecule has 1 unspecified atom stereocenters. The van der Waals surface area contributed by atoms with E-state index < -0.39 is 17.9 Å². The Kier molecular flexibility index (Phi) is 8.33. The normalized spacial score (nSPS) is 15.6. The van der Waals surface area contributed by atoms with E-state index in [9.17, 15) is 24.3 Å². The Morgan fingerprint density at radius 3 is 2.17 bits per heavy atom. The summed E-state index contributed by atoms with van der Waals surface area (Å²) in [6.45, 7) is 4.33. The molecule has 212 valence electrons. The molecular weight excluding hydrogens is 520 g/mol. The number of hydrogen-bond donors (Lipinski definition) is 3. The van der Waals surface area contributed by atoms with Gasteiger partial charge in [-0.2, -0.15) is 0 Å². The fourth-order valence-corrected chi connectivity index (χ4v) is 5.06. The van der Waals surface area contributed by atoms with Crippen molar-refractivity contribution in [2.24, 2.45) is 5.92 Å². The van der Waals surface area contributed by atoms with Gasteiger partial charge in [0.25, 0.3) is 11.8 Å². The number of nitrogens with one attached hydrogen (secondary N) is 2. The summed E-state index contributed by atoms with van der Waals surface area (Å²) in [4.78, 5) is 54.6. The number of carboxylic acid groups (broad SMARTS) is 1. The number of aryl methyl sites for hydroxylation is 1. The van der Waals surface area contributed by atoms with Crippen molar-refractivity contribution in [3.05, 3.63) is 95.1 Å². The minimum Gasteiger partial charge on any atom is -0.481 e. The molecule has 1 heterocycles. The smallest absolute Gasteiger partial charge is 0.305 e. The average Bonchev–Trinajstić information content (AvgIpc) is 3.83. The van der Waals surface area contributed by atoms with Gasteiger partial charge in [0, 0.05) is 43.2 Å². The first-order chi connectivity index (χ1) is 19.8. The molecule has 1 saturated heterocycles. The molecule has 0 bridgehead atoms. The molecule has 2 aliphatic rings. The van der Waals surface area contributed by atoms with Crippen molar-refractivity contribution >= 4 is 35.1 Å². The SMILES string of the molecule is Cc1ccc(C(CC(=O)O)NC(=O)c2ccc(N3CCN(C(=O)C4CC4)CC3)c(NC(=O)c3ccccc3)c2)cc1. The molecular formula is C32H34N4O5. The van der Waals surface area contributed by atoms with E-state index in [-0.39, 0.29) is 24.2 Å². The first kappa shape index (κ1) is 27.9. The highest BCUT2D eigenvalue weighted by Crippen LogP contribution is 2.33. The standard InChI is InChI=1S/C32H34N4O5/c1-21-7-9-22(10-8-21)26(20-29(37)38)33-31(40)25-13-14-28(27(19-25)34-30(39)23-5-3-2-4-6-23)35-15-17-36(18-16-35)32(41)24-11-12-24/h2-10,13-14,19,24,26H,11-12,15-18,20H2,1H3,(H,33,40)(H,34,39)(H,37,38). The van der Waals surface area contributed by atoms with Crippen LogP contribution in [-0.2, 0) is 9.59 Å². The molecule has 1 saturated carbocycles. The minimum absolute atomic E-state index is 0.171. The number of rotatable bonds is 9. The summed E-state index contributed by atoms with van der Waals surface area (Å²) in [6, 6.07) is 20.6. The number of piperazine rings is 1. The van der Waals surface area contributed by atoms with Crippen molar-refractivity contribution in [1.29, 1.82) is 0 Å². The van der Waals surface area contributed by atoms with Crippen molar-refractivity contribution in [3.63, 3.8) is 0 Å². The molecule has 0 spiro atoms. The third-order valence-electron chi connectivity index (χ3n) is 7.57. The molecule has 3 aromatic rings. The van der Waals surface area contributed by atoms with Gasteiger partial charge in [0.15, 0.2) is 0 Å². The van der Waals surface area contributed by atoms with Crippen LogP contribution in [0.5, 0.6) is 0 Å². The number of aliphatic carboxylic acids is 1. The number of amides is 3. The number of carboxylic acids is 1. The van der Waals surface area contributed by atoms with Crippen LogP contribution in [0.1, 0.15) is 57.1 Å². The Balaban J connectivity index is 1.38. The lowest BCUT2D eigenvalue weighted by Crippen LogP contribution is -2.49. The highest BCUT2D eigenvalue weighted by atomic mass is 16.4. The summed E-state index contributed by atoms with van der Waals surface area (Å²) < 4.78 is 0. The van der Waals surface area contributed by atoms with Crippen LogP contribution >= 0.6 is 0 Å². The highest BCUT2D eigenvalue weighted by Gasteiger charge is 2.35. The predicted octanol–water partition coefficient (Wildman–Crippen LogP) is 4.25. The minimum atomic E-state index is -1.03. The molecule has 1 aliphatic heterocycles. The van der Waals surface area contributed by atoms with Gasteiger partial charge in [0.2, 0.25) is 5.91 Å². The topological polar surface area (TPSA) is 119 Å². The summed E-state index contributed by atoms with van der Waals surface area (Å²) in [6.07, 6.45) is 1.67. The lowest BCUT2D eigenvalue weighted by Gasteiger charge is -2.37. The maximum Gasteiger partial charge on any atom is 0.305 e. The number of benzene rings is 3. The Labute approximate surface area is 239 Å². The Morgan fingerprint density at radius 2 is 1.54 bits per heavy atom. The summed E-state index contributed by atoms with van der Waals surface area (Å²) in [5.41, 5.74) is 3.72. The van der Waals surface area contributed by atoms with Crippen molar-refractivity contribution in [2.75, 3.05) is 36.4 Å². The van der Waals surface area contributed by atoms with Crippen LogP contribution < -0.4 is 15.5 Å². The Bertz CT molecular complexity index is 1430. The lowest BCUT2D eigenvalue weighted by molar-refractivity contribution is -0.137. The Morgan fingerprint density at radius 1 is 0.854 bits per heavy atom. The molecule has 9 nitrogen and oxygen atoms in total. The second-order valence-corrected chi connectivity index (χ2v) is 10.7. The van der Waals surface area contributed by atoms with Gasteiger partial charge in [-0.05, 0) is 55.7 Å². The average molecular weight is 555 g/mol. The summed E-state index contributed by atoms with van der Waals surface area (Å²) >= 11 is 0. The van der Waals surface area contributed by atoms with Crippen LogP contribution in [0, 0.1) is 12.8 Å². The van der Waals surface area contributed by atoms with Crippen molar-refractivity contribution in [1.82, 2.24) is 10.2 Å². The fraction of sp³-hybridized carbons (Fsp3) is 0.312. The number of anilines is 2. The van der Waals surface area contributed by atoms with E-state index in [0.29, 0.717) is 48.6 Å². The van der Waals surface area contributed by atoms with Crippen molar-refractivity contribution in [2.45, 2.75) is 32.2 Å². The number of nitrogens with zero attached hydrogens (tertiary/aromatic N) is 2. The molecule has 0 aromatic heterocycles. The molecule has 3 aromatic carbocycles. The maximum atomic E-state index is 13.4. The van der Waals surface area contributed by atoms with E-state index in [1.54, 1.807) is 42.5 Å². The molecule has 2 fully saturated rings. The molecule has 0 radical (unpaired) electrons. The van der Waals surface area contributed by atoms with Gasteiger partial charge < -0.3 is 25.5 Å². The van der Waals surface area contributed by atoms with E-state index >= 15 is 0 Å². The number of hydrogen-bond acceptors (Lipinski definition) is 5. The molecule has 3 amide bonds. The van der Waals surface area contributed by atoms with Crippen LogP contribution in [0.15, 0.2) is 72.8 Å². The van der Waals surface area contributed by atoms with Crippen LogP contribution in [-0.4, -0.2) is 59.9 Å². The van der Waals surface area contributed by atoms with Crippen LogP contribution in [0.2, 0.25) is 0 Å². The van der Waals surface area contributed by atoms with Crippen molar-refractivity contribution < 1.29 is 24.3 Å². The van der Waals surface area contributed by atoms with Gasteiger partial charge in [-0.15, -0.1) is 0 Å². The maximum absolute atomic E-state index is 13.4. The van der Waals surface area contributed by atoms with Gasteiger partial charge in [0.1, 0.15) is 0 Å². The number of carbonyl (C=O) groups is 4. The van der Waals surface area contributed by atoms with Crippen LogP contribution in [0.25, 0.3) is 0 Å². The molecule has 3 N–H and O–H groups in total. The van der Waals surface area contributed by atoms with Gasteiger partial charge in [-0.1, -0.05) is 48.0 Å². The van der Waals surface area contributed by atoms with Gasteiger partial charge in [-0.3, -0.25) is 19.2 Å². The van der Waals surface area contributed by atoms with E-state index in [4.69, 9.17) is 0 Å². The zero-order chi connectivity index (χ0) is 28.9. The molecule has 9 heteroatoms. The summed E-state index contributed by atoms with van der Waals surface area (Å²) in [7, 11) is 0. The fourth-order valence-electron chi connectivity index (χ4n) is 5.06. The zero-order valence-electron chi connectivity index (χ0n) is 23.0. The molecule has 41 heavy (non-hydrogen) atoms. The van der Waals surface area contributed by atoms with E-state index in [2.05, 4.69) is 15.5 Å². The first-order valence-corrected chi connectivity index (χ1v) is 13.9. The molecule has 1 atom stereocenters. The quantitative estimate of drug-likeness (QED) is 0.364. The van der Waals surface area contributed by atoms with Crippen LogP contribution in [0.3, 0.4) is 0 Å².